The number of amides is 1. The van der Waals surface area contributed by atoms with Gasteiger partial charge >= 0.3 is 0 Å². The van der Waals surface area contributed by atoms with E-state index in [9.17, 15) is 9.18 Å². The van der Waals surface area contributed by atoms with Crippen molar-refractivity contribution in [3.63, 3.8) is 0 Å². The largest absolute Gasteiger partial charge is 0.437 e. The molecule has 1 atom stereocenters. The minimum atomic E-state index is -0.342. The molecule has 2 aromatic carbocycles. The third-order valence-electron chi connectivity index (χ3n) is 3.75. The maximum atomic E-state index is 13.2. The fourth-order valence-electron chi connectivity index (χ4n) is 2.43. The second kappa shape index (κ2) is 8.71. The van der Waals surface area contributed by atoms with Crippen LogP contribution in [0.25, 0.3) is 6.08 Å². The van der Waals surface area contributed by atoms with E-state index in [-0.39, 0.29) is 17.8 Å². The number of rotatable bonds is 6. The number of carbonyl (C=O) groups is 1. The van der Waals surface area contributed by atoms with Gasteiger partial charge in [-0.25, -0.2) is 9.37 Å². The summed E-state index contributed by atoms with van der Waals surface area (Å²) < 4.78 is 18.8. The molecule has 3 aromatic rings. The average molecular weight is 363 g/mol. The van der Waals surface area contributed by atoms with Crippen LogP contribution in [0.2, 0.25) is 0 Å². The highest BCUT2D eigenvalue weighted by Gasteiger charge is 2.09. The van der Waals surface area contributed by atoms with Gasteiger partial charge in [-0.2, -0.15) is 0 Å². The van der Waals surface area contributed by atoms with E-state index in [1.54, 1.807) is 36.7 Å². The van der Waals surface area contributed by atoms with Gasteiger partial charge < -0.3 is 10.1 Å². The second-order valence-electron chi connectivity index (χ2n) is 5.84. The molecule has 0 fully saturated rings. The number of aromatic nitrogens is 2. The highest BCUT2D eigenvalue weighted by molar-refractivity contribution is 5.91. The van der Waals surface area contributed by atoms with Gasteiger partial charge in [0.25, 0.3) is 0 Å². The first-order valence-corrected chi connectivity index (χ1v) is 8.38. The number of ether oxygens (including phenoxy) is 1. The van der Waals surface area contributed by atoms with E-state index < -0.39 is 0 Å². The van der Waals surface area contributed by atoms with Crippen molar-refractivity contribution in [2.75, 3.05) is 0 Å². The molecule has 1 unspecified atom stereocenters. The van der Waals surface area contributed by atoms with E-state index in [0.29, 0.717) is 17.2 Å². The summed E-state index contributed by atoms with van der Waals surface area (Å²) in [6, 6.07) is 13.2. The van der Waals surface area contributed by atoms with Crippen LogP contribution in [0, 0.1) is 5.82 Å². The molecule has 0 saturated heterocycles. The lowest BCUT2D eigenvalue weighted by Gasteiger charge is -2.14. The third-order valence-corrected chi connectivity index (χ3v) is 3.75. The highest BCUT2D eigenvalue weighted by atomic mass is 19.1. The van der Waals surface area contributed by atoms with Crippen molar-refractivity contribution < 1.29 is 13.9 Å². The molecule has 3 rings (SSSR count). The lowest BCUT2D eigenvalue weighted by molar-refractivity contribution is -0.117. The zero-order valence-electron chi connectivity index (χ0n) is 14.7. The summed E-state index contributed by atoms with van der Waals surface area (Å²) in [6.07, 6.45) is 7.59. The molecule has 1 heterocycles. The molecule has 1 amide bonds. The van der Waals surface area contributed by atoms with E-state index in [1.807, 2.05) is 25.1 Å². The summed E-state index contributed by atoms with van der Waals surface area (Å²) in [7, 11) is 0. The Morgan fingerprint density at radius 2 is 2.04 bits per heavy atom. The number of halogens is 1. The lowest BCUT2D eigenvalue weighted by Crippen LogP contribution is -2.24. The van der Waals surface area contributed by atoms with E-state index in [1.165, 1.54) is 24.4 Å². The van der Waals surface area contributed by atoms with Crippen LogP contribution in [-0.4, -0.2) is 15.9 Å². The van der Waals surface area contributed by atoms with Crippen molar-refractivity contribution in [1.29, 1.82) is 0 Å². The van der Waals surface area contributed by atoms with Gasteiger partial charge in [-0.05, 0) is 48.4 Å². The molecule has 5 nitrogen and oxygen atoms in total. The number of hydrogen-bond acceptors (Lipinski definition) is 4. The molecule has 0 radical (unpaired) electrons. The van der Waals surface area contributed by atoms with Gasteiger partial charge in [-0.1, -0.05) is 24.3 Å². The van der Waals surface area contributed by atoms with Gasteiger partial charge in [-0.3, -0.25) is 9.78 Å². The summed E-state index contributed by atoms with van der Waals surface area (Å²) in [5, 5.41) is 2.87. The maximum Gasteiger partial charge on any atom is 0.244 e. The molecule has 0 spiro atoms. The van der Waals surface area contributed by atoms with E-state index in [4.69, 9.17) is 4.74 Å². The zero-order chi connectivity index (χ0) is 19.1. The molecule has 0 aliphatic rings. The molecular formula is C21H18FN3O2. The van der Waals surface area contributed by atoms with E-state index in [2.05, 4.69) is 15.3 Å². The average Bonchev–Trinajstić information content (AvgIpc) is 2.67. The van der Waals surface area contributed by atoms with Crippen molar-refractivity contribution >= 4 is 12.0 Å². The minimum Gasteiger partial charge on any atom is -0.437 e. The maximum absolute atomic E-state index is 13.2. The Balaban J connectivity index is 1.62. The second-order valence-corrected chi connectivity index (χ2v) is 5.84. The number of nitrogens with zero attached hydrogens (tertiary/aromatic N) is 2. The summed E-state index contributed by atoms with van der Waals surface area (Å²) in [5.74, 6) is 0.381. The van der Waals surface area contributed by atoms with Crippen molar-refractivity contribution in [3.8, 4) is 11.6 Å². The fourth-order valence-corrected chi connectivity index (χ4v) is 2.43. The van der Waals surface area contributed by atoms with Crippen molar-refractivity contribution in [2.45, 2.75) is 13.0 Å². The number of nitrogens with one attached hydrogen (secondary N) is 1. The Hall–Kier alpha value is -3.54. The summed E-state index contributed by atoms with van der Waals surface area (Å²) in [5.41, 5.74) is 1.50. The fraction of sp³-hybridized carbons (Fsp3) is 0.0952. The van der Waals surface area contributed by atoms with Crippen molar-refractivity contribution in [2.24, 2.45) is 0 Å². The van der Waals surface area contributed by atoms with Crippen LogP contribution in [0.5, 0.6) is 11.6 Å². The van der Waals surface area contributed by atoms with E-state index in [0.717, 1.165) is 5.56 Å². The molecular weight excluding hydrogens is 345 g/mol. The molecule has 6 heteroatoms. The minimum absolute atomic E-state index is 0.236. The zero-order valence-corrected chi connectivity index (χ0v) is 14.7. The first-order valence-electron chi connectivity index (χ1n) is 8.38. The normalized spacial score (nSPS) is 11.9. The van der Waals surface area contributed by atoms with Gasteiger partial charge in [0.2, 0.25) is 11.8 Å². The monoisotopic (exact) mass is 363 g/mol. The summed E-state index contributed by atoms with van der Waals surface area (Å²) >= 11 is 0. The van der Waals surface area contributed by atoms with Gasteiger partial charge in [0.05, 0.1) is 12.2 Å². The number of hydrogen-bond donors (Lipinski definition) is 1. The van der Waals surface area contributed by atoms with Crippen molar-refractivity contribution in [3.05, 3.63) is 90.1 Å². The molecule has 1 aromatic heterocycles. The predicted octanol–water partition coefficient (Wildman–Crippen LogP) is 4.30. The Bertz CT molecular complexity index is 945. The standard InChI is InChI=1S/C21H18FN3O2/c1-15(25-20(26)9-8-16-4-2-6-18(22)12-16)17-5-3-7-19(13-17)27-21-14-23-10-11-24-21/h2-15H,1H3,(H,25,26). The quantitative estimate of drug-likeness (QED) is 0.663. The lowest BCUT2D eigenvalue weighted by atomic mass is 10.1. The Labute approximate surface area is 156 Å². The van der Waals surface area contributed by atoms with Crippen LogP contribution in [0.4, 0.5) is 4.39 Å². The topological polar surface area (TPSA) is 64.1 Å². The van der Waals surface area contributed by atoms with Gasteiger partial charge in [-0.15, -0.1) is 0 Å². The Kier molecular flexibility index (Phi) is 5.89. The summed E-state index contributed by atoms with van der Waals surface area (Å²) in [4.78, 5) is 20.1. The first kappa shape index (κ1) is 18.3. The van der Waals surface area contributed by atoms with Crippen LogP contribution in [-0.2, 0) is 4.79 Å². The molecule has 1 N–H and O–H groups in total. The smallest absolute Gasteiger partial charge is 0.244 e. The van der Waals surface area contributed by atoms with Crippen LogP contribution in [0.15, 0.2) is 73.2 Å². The molecule has 136 valence electrons. The number of benzene rings is 2. The van der Waals surface area contributed by atoms with Crippen LogP contribution in [0.3, 0.4) is 0 Å². The predicted molar refractivity (Wildman–Crippen MR) is 101 cm³/mol. The Morgan fingerprint density at radius 3 is 2.81 bits per heavy atom. The van der Waals surface area contributed by atoms with Crippen LogP contribution < -0.4 is 10.1 Å². The molecule has 27 heavy (non-hydrogen) atoms. The molecule has 0 aliphatic carbocycles. The van der Waals surface area contributed by atoms with Gasteiger partial charge in [0.1, 0.15) is 11.6 Å². The number of carbonyl (C=O) groups excluding carboxylic acids is 1. The van der Waals surface area contributed by atoms with Crippen LogP contribution in [0.1, 0.15) is 24.1 Å². The Morgan fingerprint density at radius 1 is 1.19 bits per heavy atom. The van der Waals surface area contributed by atoms with Crippen molar-refractivity contribution in [1.82, 2.24) is 15.3 Å². The SMILES string of the molecule is CC(NC(=O)C=Cc1cccc(F)c1)c1cccc(Oc2cnccn2)c1. The first-order chi connectivity index (χ1) is 13.1. The van der Waals surface area contributed by atoms with E-state index >= 15 is 0 Å². The summed E-state index contributed by atoms with van der Waals surface area (Å²) in [6.45, 7) is 1.87. The van der Waals surface area contributed by atoms with Crippen LogP contribution >= 0.6 is 0 Å². The molecule has 0 aliphatic heterocycles. The highest BCUT2D eigenvalue weighted by Crippen LogP contribution is 2.22. The third kappa shape index (κ3) is 5.47. The van der Waals surface area contributed by atoms with Gasteiger partial charge in [0.15, 0.2) is 0 Å². The molecule has 0 saturated carbocycles. The van der Waals surface area contributed by atoms with Gasteiger partial charge in [0, 0.05) is 18.5 Å². The molecule has 0 bridgehead atoms.